The molecule has 0 radical (unpaired) electrons. The number of rotatable bonds is 3. The largest absolute Gasteiger partial charge is 0.249 e. The third-order valence-electron chi connectivity index (χ3n) is 4.81. The summed E-state index contributed by atoms with van der Waals surface area (Å²) in [6.45, 7) is 6.27. The van der Waals surface area contributed by atoms with Gasteiger partial charge in [0.1, 0.15) is 0 Å². The van der Waals surface area contributed by atoms with Crippen molar-refractivity contribution in [1.29, 1.82) is 0 Å². The summed E-state index contributed by atoms with van der Waals surface area (Å²) in [5.41, 5.74) is 9.48. The summed E-state index contributed by atoms with van der Waals surface area (Å²) in [6, 6.07) is 27.1. The molecule has 132 valence electrons. The summed E-state index contributed by atoms with van der Waals surface area (Å²) in [7, 11) is 0. The first kappa shape index (κ1) is 17.2. The van der Waals surface area contributed by atoms with Crippen molar-refractivity contribution in [2.75, 3.05) is 0 Å². The van der Waals surface area contributed by atoms with Crippen molar-refractivity contribution >= 4 is 0 Å². The maximum atomic E-state index is 5.11. The van der Waals surface area contributed by atoms with Crippen LogP contribution in [0.2, 0.25) is 0 Å². The molecule has 2 heteroatoms. The minimum Gasteiger partial charge on any atom is -0.249 e. The van der Waals surface area contributed by atoms with Crippen molar-refractivity contribution in [3.8, 4) is 33.8 Å². The van der Waals surface area contributed by atoms with Gasteiger partial charge in [-0.25, -0.2) is 9.97 Å². The second-order valence-corrected chi connectivity index (χ2v) is 6.91. The van der Waals surface area contributed by atoms with Crippen molar-refractivity contribution in [1.82, 2.24) is 9.97 Å². The lowest BCUT2D eigenvalue weighted by Crippen LogP contribution is -2.01. The lowest BCUT2D eigenvalue weighted by molar-refractivity contribution is 1.13. The first-order chi connectivity index (χ1) is 13.1. The second-order valence-electron chi connectivity index (χ2n) is 6.91. The summed E-state index contributed by atoms with van der Waals surface area (Å²) in [5, 5.41) is 0. The molecule has 0 atom stereocenters. The fourth-order valence-corrected chi connectivity index (χ4v) is 3.41. The second kappa shape index (κ2) is 7.16. The van der Waals surface area contributed by atoms with Crippen LogP contribution < -0.4 is 0 Å². The molecule has 0 aliphatic rings. The number of nitrogens with zero attached hydrogens (tertiary/aromatic N) is 2. The Bertz CT molecular complexity index is 1100. The van der Waals surface area contributed by atoms with Crippen LogP contribution in [0.1, 0.15) is 16.8 Å². The molecular weight excluding hydrogens is 328 g/mol. The summed E-state index contributed by atoms with van der Waals surface area (Å²) in [5.74, 6) is 0. The first-order valence-electron chi connectivity index (χ1n) is 9.20. The van der Waals surface area contributed by atoms with Gasteiger partial charge in [0.15, 0.2) is 0 Å². The van der Waals surface area contributed by atoms with E-state index in [1.165, 1.54) is 11.1 Å². The normalized spacial score (nSPS) is 10.8. The Hall–Kier alpha value is -3.26. The highest BCUT2D eigenvalue weighted by Crippen LogP contribution is 2.34. The van der Waals surface area contributed by atoms with Gasteiger partial charge in [0.2, 0.25) is 0 Å². The van der Waals surface area contributed by atoms with Crippen molar-refractivity contribution < 1.29 is 0 Å². The molecule has 0 amide bonds. The molecule has 1 aromatic heterocycles. The molecule has 0 fully saturated rings. The molecule has 3 aromatic carbocycles. The third-order valence-corrected chi connectivity index (χ3v) is 4.81. The summed E-state index contributed by atoms with van der Waals surface area (Å²) in [6.07, 6.45) is 0. The van der Waals surface area contributed by atoms with Gasteiger partial charge >= 0.3 is 0 Å². The van der Waals surface area contributed by atoms with Crippen LogP contribution in [0.15, 0.2) is 78.9 Å². The van der Waals surface area contributed by atoms with Crippen LogP contribution in [0.4, 0.5) is 0 Å². The first-order valence-corrected chi connectivity index (χ1v) is 9.20. The van der Waals surface area contributed by atoms with Crippen LogP contribution in [0.3, 0.4) is 0 Å². The molecule has 27 heavy (non-hydrogen) atoms. The zero-order valence-corrected chi connectivity index (χ0v) is 15.9. The molecule has 0 aliphatic carbocycles. The van der Waals surface area contributed by atoms with Gasteiger partial charge in [-0.3, -0.25) is 0 Å². The van der Waals surface area contributed by atoms with Crippen molar-refractivity contribution in [2.24, 2.45) is 0 Å². The Balaban J connectivity index is 2.00. The molecule has 4 rings (SSSR count). The van der Waals surface area contributed by atoms with Gasteiger partial charge in [0, 0.05) is 16.7 Å². The van der Waals surface area contributed by atoms with E-state index in [1.807, 2.05) is 25.1 Å². The number of aryl methyl sites for hydroxylation is 3. The molecule has 4 aromatic rings. The zero-order chi connectivity index (χ0) is 18.8. The molecule has 0 saturated carbocycles. The van der Waals surface area contributed by atoms with Crippen LogP contribution in [-0.2, 0) is 0 Å². The van der Waals surface area contributed by atoms with E-state index in [0.29, 0.717) is 0 Å². The SMILES string of the molecule is Cc1cccc(-c2nc(-c3ccccc3)c(-c3ccccc3C)nc2C)c1. The van der Waals surface area contributed by atoms with Gasteiger partial charge in [0.05, 0.1) is 22.8 Å². The maximum absolute atomic E-state index is 5.11. The van der Waals surface area contributed by atoms with Gasteiger partial charge in [-0.2, -0.15) is 0 Å². The predicted octanol–water partition coefficient (Wildman–Crippen LogP) is 6.40. The average molecular weight is 350 g/mol. The van der Waals surface area contributed by atoms with E-state index in [4.69, 9.17) is 9.97 Å². The fraction of sp³-hybridized carbons (Fsp3) is 0.120. The van der Waals surface area contributed by atoms with E-state index < -0.39 is 0 Å². The van der Waals surface area contributed by atoms with Crippen LogP contribution in [-0.4, -0.2) is 9.97 Å². The minimum atomic E-state index is 0.923. The lowest BCUT2D eigenvalue weighted by Gasteiger charge is -2.15. The molecule has 0 spiro atoms. The van der Waals surface area contributed by atoms with E-state index in [-0.39, 0.29) is 0 Å². The van der Waals surface area contributed by atoms with Gasteiger partial charge in [-0.15, -0.1) is 0 Å². The minimum absolute atomic E-state index is 0.923. The summed E-state index contributed by atoms with van der Waals surface area (Å²) < 4.78 is 0. The maximum Gasteiger partial charge on any atom is 0.0973 e. The van der Waals surface area contributed by atoms with Gasteiger partial charge in [-0.1, -0.05) is 78.4 Å². The van der Waals surface area contributed by atoms with E-state index in [0.717, 1.165) is 39.5 Å². The third kappa shape index (κ3) is 3.39. The number of hydrogen-bond donors (Lipinski definition) is 0. The quantitative estimate of drug-likeness (QED) is 0.427. The van der Waals surface area contributed by atoms with Crippen molar-refractivity contribution in [3.05, 3.63) is 95.7 Å². The van der Waals surface area contributed by atoms with Gasteiger partial charge in [0.25, 0.3) is 0 Å². The Morgan fingerprint density at radius 1 is 0.556 bits per heavy atom. The standard InChI is InChI=1S/C25H22N2/c1-17-10-9-14-21(16-17)23-19(3)26-25(22-15-8-7-11-18(22)2)24(27-23)20-12-5-4-6-13-20/h4-16H,1-3H3. The fourth-order valence-electron chi connectivity index (χ4n) is 3.41. The molecule has 0 unspecified atom stereocenters. The molecule has 1 heterocycles. The monoisotopic (exact) mass is 350 g/mol. The van der Waals surface area contributed by atoms with Crippen LogP contribution in [0.25, 0.3) is 33.8 Å². The molecule has 0 saturated heterocycles. The Kier molecular flexibility index (Phi) is 4.55. The molecule has 0 aliphatic heterocycles. The summed E-state index contributed by atoms with van der Waals surface area (Å²) in [4.78, 5) is 10.1. The molecule has 0 N–H and O–H groups in total. The summed E-state index contributed by atoms with van der Waals surface area (Å²) >= 11 is 0. The number of hydrogen-bond acceptors (Lipinski definition) is 2. The highest BCUT2D eigenvalue weighted by molar-refractivity contribution is 5.81. The Labute approximate surface area is 160 Å². The Morgan fingerprint density at radius 3 is 2.00 bits per heavy atom. The zero-order valence-electron chi connectivity index (χ0n) is 15.9. The lowest BCUT2D eigenvalue weighted by atomic mass is 9.99. The van der Waals surface area contributed by atoms with Crippen molar-refractivity contribution in [3.63, 3.8) is 0 Å². The van der Waals surface area contributed by atoms with E-state index >= 15 is 0 Å². The smallest absolute Gasteiger partial charge is 0.0973 e. The predicted molar refractivity (Wildman–Crippen MR) is 113 cm³/mol. The Morgan fingerprint density at radius 2 is 1.26 bits per heavy atom. The van der Waals surface area contributed by atoms with Crippen LogP contribution in [0, 0.1) is 20.8 Å². The van der Waals surface area contributed by atoms with Crippen LogP contribution >= 0.6 is 0 Å². The highest BCUT2D eigenvalue weighted by atomic mass is 14.8. The molecule has 0 bridgehead atoms. The van der Waals surface area contributed by atoms with Crippen molar-refractivity contribution in [2.45, 2.75) is 20.8 Å². The topological polar surface area (TPSA) is 25.8 Å². The van der Waals surface area contributed by atoms with E-state index in [1.54, 1.807) is 0 Å². The van der Waals surface area contributed by atoms with Crippen LogP contribution in [0.5, 0.6) is 0 Å². The van der Waals surface area contributed by atoms with E-state index in [2.05, 4.69) is 74.5 Å². The number of benzene rings is 3. The van der Waals surface area contributed by atoms with Gasteiger partial charge < -0.3 is 0 Å². The molecular formula is C25H22N2. The average Bonchev–Trinajstić information content (AvgIpc) is 2.69. The van der Waals surface area contributed by atoms with E-state index in [9.17, 15) is 0 Å². The highest BCUT2D eigenvalue weighted by Gasteiger charge is 2.17. The molecule has 2 nitrogen and oxygen atoms in total. The number of aromatic nitrogens is 2. The van der Waals surface area contributed by atoms with Gasteiger partial charge in [-0.05, 0) is 32.4 Å².